The summed E-state index contributed by atoms with van der Waals surface area (Å²) in [6.45, 7) is 5.75. The fourth-order valence-electron chi connectivity index (χ4n) is 5.08. The fourth-order valence-corrected chi connectivity index (χ4v) is 5.08. The predicted octanol–water partition coefficient (Wildman–Crippen LogP) is 8.42. The van der Waals surface area contributed by atoms with Crippen LogP contribution in [0.5, 0.6) is 0 Å². The monoisotopic (exact) mass is 532 g/mol. The quantitative estimate of drug-likeness (QED) is 0.201. The first-order chi connectivity index (χ1) is 20.0. The largest absolute Gasteiger partial charge is 0.294 e. The lowest BCUT2D eigenvalue weighted by atomic mass is 9.91. The molecule has 0 saturated carbocycles. The third-order valence-corrected chi connectivity index (χ3v) is 7.25. The minimum absolute atomic E-state index is 0.0173. The number of Topliss-reactive ketones (excluding diaryl/α,β-unsaturated/α-hetero) is 1. The maximum Gasteiger partial charge on any atom is 0.164 e. The molecular formula is C36H28N4O. The van der Waals surface area contributed by atoms with Crippen molar-refractivity contribution in [2.75, 3.05) is 0 Å². The lowest BCUT2D eigenvalue weighted by molar-refractivity contribution is 0.101. The topological polar surface area (TPSA) is 68.6 Å². The van der Waals surface area contributed by atoms with Gasteiger partial charge >= 0.3 is 0 Å². The van der Waals surface area contributed by atoms with Gasteiger partial charge in [0.05, 0.1) is 5.69 Å². The highest BCUT2D eigenvalue weighted by Crippen LogP contribution is 2.35. The van der Waals surface area contributed by atoms with Crippen molar-refractivity contribution in [3.63, 3.8) is 0 Å². The van der Waals surface area contributed by atoms with Crippen molar-refractivity contribution in [3.8, 4) is 56.5 Å². The Bertz CT molecular complexity index is 1820. The second kappa shape index (κ2) is 11.1. The summed E-state index contributed by atoms with van der Waals surface area (Å²) < 4.78 is 0. The Kier molecular flexibility index (Phi) is 7.00. The summed E-state index contributed by atoms with van der Waals surface area (Å²) in [6.07, 6.45) is 1.81. The molecule has 41 heavy (non-hydrogen) atoms. The molecule has 6 aromatic rings. The SMILES string of the molecule is CC(=O)c1ccccc1-c1nccc(-c2cc(-c3nc(-c4ccccc4)nc(-c4ccccc4)n3)ccc2C)c1C. The number of carbonyl (C=O) groups excluding carboxylic acids is 1. The Labute approximate surface area is 239 Å². The number of hydrogen-bond donors (Lipinski definition) is 0. The zero-order chi connectivity index (χ0) is 28.3. The Morgan fingerprint density at radius 2 is 1.12 bits per heavy atom. The van der Waals surface area contributed by atoms with Gasteiger partial charge in [0.1, 0.15) is 0 Å². The van der Waals surface area contributed by atoms with E-state index >= 15 is 0 Å². The molecule has 0 amide bonds. The summed E-state index contributed by atoms with van der Waals surface area (Å²) in [5.41, 5.74) is 9.30. The number of benzene rings is 4. The van der Waals surface area contributed by atoms with Crippen LogP contribution in [0.4, 0.5) is 0 Å². The smallest absolute Gasteiger partial charge is 0.164 e. The van der Waals surface area contributed by atoms with Gasteiger partial charge in [-0.3, -0.25) is 9.78 Å². The molecule has 0 saturated heterocycles. The Morgan fingerprint density at radius 1 is 0.561 bits per heavy atom. The predicted molar refractivity (Wildman–Crippen MR) is 164 cm³/mol. The van der Waals surface area contributed by atoms with Crippen LogP contribution in [-0.4, -0.2) is 25.7 Å². The van der Waals surface area contributed by atoms with Gasteiger partial charge in [0.25, 0.3) is 0 Å². The molecule has 0 unspecified atom stereocenters. The highest BCUT2D eigenvalue weighted by atomic mass is 16.1. The van der Waals surface area contributed by atoms with Crippen LogP contribution in [0.15, 0.2) is 115 Å². The van der Waals surface area contributed by atoms with Gasteiger partial charge in [0.15, 0.2) is 23.3 Å². The van der Waals surface area contributed by atoms with Gasteiger partial charge in [-0.05, 0) is 55.2 Å². The number of ketones is 1. The molecule has 0 spiro atoms. The summed E-state index contributed by atoms with van der Waals surface area (Å²) in [6, 6.07) is 35.9. The van der Waals surface area contributed by atoms with E-state index in [1.54, 1.807) is 6.92 Å². The minimum Gasteiger partial charge on any atom is -0.294 e. The van der Waals surface area contributed by atoms with Gasteiger partial charge in [-0.2, -0.15) is 0 Å². The summed E-state index contributed by atoms with van der Waals surface area (Å²) in [5, 5.41) is 0. The van der Waals surface area contributed by atoms with Crippen molar-refractivity contribution < 1.29 is 4.79 Å². The molecule has 0 radical (unpaired) electrons. The average Bonchev–Trinajstić information content (AvgIpc) is 3.02. The van der Waals surface area contributed by atoms with E-state index in [0.717, 1.165) is 50.2 Å². The third-order valence-electron chi connectivity index (χ3n) is 7.25. The van der Waals surface area contributed by atoms with Crippen LogP contribution < -0.4 is 0 Å². The first-order valence-corrected chi connectivity index (χ1v) is 13.5. The fraction of sp³-hybridized carbons (Fsp3) is 0.0833. The molecule has 0 atom stereocenters. The Balaban J connectivity index is 1.51. The molecule has 2 heterocycles. The van der Waals surface area contributed by atoms with Crippen LogP contribution in [0.1, 0.15) is 28.4 Å². The lowest BCUT2D eigenvalue weighted by Crippen LogP contribution is -2.01. The average molecular weight is 533 g/mol. The summed E-state index contributed by atoms with van der Waals surface area (Å²) in [4.78, 5) is 31.7. The molecule has 2 aromatic heterocycles. The number of hydrogen-bond acceptors (Lipinski definition) is 5. The van der Waals surface area contributed by atoms with Crippen LogP contribution >= 0.6 is 0 Å². The number of aromatic nitrogens is 4. The molecule has 5 heteroatoms. The van der Waals surface area contributed by atoms with Gasteiger partial charge in [0, 0.05) is 34.0 Å². The molecule has 6 rings (SSSR count). The number of pyridine rings is 1. The van der Waals surface area contributed by atoms with E-state index in [1.807, 2.05) is 97.2 Å². The molecular weight excluding hydrogens is 504 g/mol. The Morgan fingerprint density at radius 3 is 1.73 bits per heavy atom. The summed E-state index contributed by atoms with van der Waals surface area (Å²) >= 11 is 0. The van der Waals surface area contributed by atoms with Crippen molar-refractivity contribution in [1.82, 2.24) is 19.9 Å². The maximum atomic E-state index is 12.4. The third kappa shape index (κ3) is 5.18. The van der Waals surface area contributed by atoms with E-state index in [9.17, 15) is 4.79 Å². The van der Waals surface area contributed by atoms with Crippen LogP contribution in [0.25, 0.3) is 56.5 Å². The standard InChI is InChI=1S/C36H28N4O/c1-23-18-19-28(22-32(23)29-20-21-37-33(24(29)2)31-17-11-10-16-30(31)25(3)41)36-39-34(26-12-6-4-7-13-26)38-35(40-36)27-14-8-5-9-15-27/h4-22H,1-3H3. The van der Waals surface area contributed by atoms with Crippen LogP contribution in [-0.2, 0) is 0 Å². The Hall–Kier alpha value is -5.29. The number of carbonyl (C=O) groups is 1. The van der Waals surface area contributed by atoms with Gasteiger partial charge in [-0.15, -0.1) is 0 Å². The second-order valence-electron chi connectivity index (χ2n) is 10.0. The zero-order valence-corrected chi connectivity index (χ0v) is 23.2. The van der Waals surface area contributed by atoms with Crippen molar-refractivity contribution in [2.45, 2.75) is 20.8 Å². The normalized spacial score (nSPS) is 10.9. The van der Waals surface area contributed by atoms with E-state index in [0.29, 0.717) is 23.0 Å². The zero-order valence-electron chi connectivity index (χ0n) is 23.2. The molecule has 4 aromatic carbocycles. The number of nitrogens with zero attached hydrogens (tertiary/aromatic N) is 4. The number of aryl methyl sites for hydroxylation is 1. The molecule has 0 N–H and O–H groups in total. The first-order valence-electron chi connectivity index (χ1n) is 13.5. The molecule has 0 bridgehead atoms. The van der Waals surface area contributed by atoms with Gasteiger partial charge in [-0.1, -0.05) is 97.1 Å². The van der Waals surface area contributed by atoms with Crippen molar-refractivity contribution in [3.05, 3.63) is 132 Å². The first kappa shape index (κ1) is 26.0. The van der Waals surface area contributed by atoms with E-state index < -0.39 is 0 Å². The van der Waals surface area contributed by atoms with E-state index in [4.69, 9.17) is 19.9 Å². The lowest BCUT2D eigenvalue weighted by Gasteiger charge is -2.16. The van der Waals surface area contributed by atoms with Crippen molar-refractivity contribution in [2.24, 2.45) is 0 Å². The van der Waals surface area contributed by atoms with E-state index in [-0.39, 0.29) is 5.78 Å². The van der Waals surface area contributed by atoms with Crippen LogP contribution in [0.3, 0.4) is 0 Å². The number of rotatable bonds is 6. The highest BCUT2D eigenvalue weighted by molar-refractivity contribution is 6.01. The van der Waals surface area contributed by atoms with E-state index in [1.165, 1.54) is 0 Å². The van der Waals surface area contributed by atoms with Crippen LogP contribution in [0, 0.1) is 13.8 Å². The van der Waals surface area contributed by atoms with Crippen molar-refractivity contribution >= 4 is 5.78 Å². The molecule has 0 fully saturated rings. The van der Waals surface area contributed by atoms with Gasteiger partial charge in [0.2, 0.25) is 0 Å². The molecule has 0 aliphatic rings. The molecule has 0 aliphatic heterocycles. The molecule has 0 aliphatic carbocycles. The highest BCUT2D eigenvalue weighted by Gasteiger charge is 2.17. The van der Waals surface area contributed by atoms with E-state index in [2.05, 4.69) is 32.0 Å². The minimum atomic E-state index is 0.0173. The second-order valence-corrected chi connectivity index (χ2v) is 10.0. The molecule has 198 valence electrons. The van der Waals surface area contributed by atoms with Gasteiger partial charge < -0.3 is 0 Å². The van der Waals surface area contributed by atoms with Crippen molar-refractivity contribution in [1.29, 1.82) is 0 Å². The maximum absolute atomic E-state index is 12.4. The van der Waals surface area contributed by atoms with Gasteiger partial charge in [-0.25, -0.2) is 15.0 Å². The van der Waals surface area contributed by atoms with Crippen LogP contribution in [0.2, 0.25) is 0 Å². The molecule has 5 nitrogen and oxygen atoms in total. The summed E-state index contributed by atoms with van der Waals surface area (Å²) in [7, 11) is 0. The summed E-state index contributed by atoms with van der Waals surface area (Å²) in [5.74, 6) is 1.87.